The highest BCUT2D eigenvalue weighted by atomic mass is 16.1. The van der Waals surface area contributed by atoms with Crippen molar-refractivity contribution < 1.29 is 4.79 Å². The van der Waals surface area contributed by atoms with Gasteiger partial charge in [0.25, 0.3) is 0 Å². The molecule has 0 aromatic carbocycles. The lowest BCUT2D eigenvalue weighted by Gasteiger charge is -2.46. The lowest BCUT2D eigenvalue weighted by atomic mass is 9.65. The molecule has 1 saturated heterocycles. The van der Waals surface area contributed by atoms with Crippen molar-refractivity contribution in [1.29, 1.82) is 0 Å². The zero-order chi connectivity index (χ0) is 13.3. The molecule has 102 valence electrons. The molecular formula is C17H23NO. The SMILES string of the molecule is CN1CCC2=CC(=O)CCC2(CC2=CC=CCC2)C1. The average Bonchev–Trinajstić information content (AvgIpc) is 2.41. The molecule has 0 bridgehead atoms. The van der Waals surface area contributed by atoms with Crippen molar-refractivity contribution in [2.24, 2.45) is 5.41 Å². The van der Waals surface area contributed by atoms with Crippen LogP contribution in [0.1, 0.15) is 38.5 Å². The van der Waals surface area contributed by atoms with E-state index in [4.69, 9.17) is 0 Å². The van der Waals surface area contributed by atoms with Gasteiger partial charge in [0.2, 0.25) is 0 Å². The van der Waals surface area contributed by atoms with Gasteiger partial charge in [0.1, 0.15) is 0 Å². The third-order valence-corrected chi connectivity index (χ3v) is 4.87. The maximum atomic E-state index is 11.7. The number of carbonyl (C=O) groups excluding carboxylic acids is 1. The number of carbonyl (C=O) groups is 1. The van der Waals surface area contributed by atoms with Gasteiger partial charge in [-0.3, -0.25) is 4.79 Å². The van der Waals surface area contributed by atoms with Crippen LogP contribution in [0, 0.1) is 5.41 Å². The second-order valence-corrected chi connectivity index (χ2v) is 6.37. The van der Waals surface area contributed by atoms with Crippen LogP contribution in [0.2, 0.25) is 0 Å². The van der Waals surface area contributed by atoms with Crippen LogP contribution < -0.4 is 0 Å². The number of ketones is 1. The summed E-state index contributed by atoms with van der Waals surface area (Å²) in [6, 6.07) is 0. The summed E-state index contributed by atoms with van der Waals surface area (Å²) in [6.07, 6.45) is 15.1. The summed E-state index contributed by atoms with van der Waals surface area (Å²) in [5.74, 6) is 0.340. The first-order valence-corrected chi connectivity index (χ1v) is 7.45. The van der Waals surface area contributed by atoms with Crippen molar-refractivity contribution in [1.82, 2.24) is 4.90 Å². The highest BCUT2D eigenvalue weighted by Gasteiger charge is 2.41. The van der Waals surface area contributed by atoms with E-state index in [1.807, 2.05) is 6.08 Å². The third kappa shape index (κ3) is 2.59. The smallest absolute Gasteiger partial charge is 0.155 e. The first-order chi connectivity index (χ1) is 9.18. The molecule has 1 aliphatic heterocycles. The maximum Gasteiger partial charge on any atom is 0.155 e. The van der Waals surface area contributed by atoms with Gasteiger partial charge in [-0.1, -0.05) is 29.4 Å². The third-order valence-electron chi connectivity index (χ3n) is 4.87. The molecule has 1 unspecified atom stereocenters. The molecule has 1 atom stereocenters. The fourth-order valence-corrected chi connectivity index (χ4v) is 3.86. The second kappa shape index (κ2) is 5.09. The van der Waals surface area contributed by atoms with Crippen molar-refractivity contribution in [3.05, 3.63) is 35.5 Å². The molecule has 0 amide bonds. The van der Waals surface area contributed by atoms with E-state index in [1.165, 1.54) is 18.4 Å². The Hall–Kier alpha value is -1.15. The van der Waals surface area contributed by atoms with Gasteiger partial charge in [0, 0.05) is 24.9 Å². The largest absolute Gasteiger partial charge is 0.305 e. The van der Waals surface area contributed by atoms with E-state index < -0.39 is 0 Å². The lowest BCUT2D eigenvalue weighted by Crippen LogP contribution is -2.45. The van der Waals surface area contributed by atoms with Crippen LogP contribution in [-0.4, -0.2) is 30.8 Å². The average molecular weight is 257 g/mol. The van der Waals surface area contributed by atoms with Gasteiger partial charge in [-0.2, -0.15) is 0 Å². The molecule has 19 heavy (non-hydrogen) atoms. The van der Waals surface area contributed by atoms with E-state index in [-0.39, 0.29) is 5.41 Å². The number of likely N-dealkylation sites (tertiary alicyclic amines) is 1. The quantitative estimate of drug-likeness (QED) is 0.756. The van der Waals surface area contributed by atoms with Crippen molar-refractivity contribution >= 4 is 5.78 Å². The Morgan fingerprint density at radius 3 is 3.00 bits per heavy atom. The minimum Gasteiger partial charge on any atom is -0.305 e. The summed E-state index contributed by atoms with van der Waals surface area (Å²) < 4.78 is 0. The molecule has 0 aromatic heterocycles. The zero-order valence-corrected chi connectivity index (χ0v) is 11.8. The van der Waals surface area contributed by atoms with Crippen LogP contribution in [0.15, 0.2) is 35.5 Å². The molecule has 0 saturated carbocycles. The van der Waals surface area contributed by atoms with E-state index in [0.717, 1.165) is 38.8 Å². The van der Waals surface area contributed by atoms with Crippen LogP contribution in [0.5, 0.6) is 0 Å². The Morgan fingerprint density at radius 1 is 1.32 bits per heavy atom. The molecule has 3 rings (SSSR count). The zero-order valence-electron chi connectivity index (χ0n) is 11.8. The van der Waals surface area contributed by atoms with Crippen LogP contribution >= 0.6 is 0 Å². The Labute approximate surface area is 115 Å². The summed E-state index contributed by atoms with van der Waals surface area (Å²) in [4.78, 5) is 14.2. The molecule has 0 aromatic rings. The number of allylic oxidation sites excluding steroid dienone is 5. The van der Waals surface area contributed by atoms with Crippen molar-refractivity contribution in [3.63, 3.8) is 0 Å². The van der Waals surface area contributed by atoms with Gasteiger partial charge in [-0.15, -0.1) is 0 Å². The number of hydrogen-bond donors (Lipinski definition) is 0. The predicted molar refractivity (Wildman–Crippen MR) is 77.9 cm³/mol. The van der Waals surface area contributed by atoms with Gasteiger partial charge >= 0.3 is 0 Å². The number of hydrogen-bond acceptors (Lipinski definition) is 2. The van der Waals surface area contributed by atoms with E-state index >= 15 is 0 Å². The molecule has 2 heteroatoms. The molecule has 0 N–H and O–H groups in total. The van der Waals surface area contributed by atoms with E-state index in [0.29, 0.717) is 5.78 Å². The van der Waals surface area contributed by atoms with Crippen LogP contribution in [-0.2, 0) is 4.79 Å². The van der Waals surface area contributed by atoms with Gasteiger partial charge in [0.15, 0.2) is 5.78 Å². The topological polar surface area (TPSA) is 20.3 Å². The number of fused-ring (bicyclic) bond motifs is 1. The minimum absolute atomic E-state index is 0.248. The van der Waals surface area contributed by atoms with Crippen molar-refractivity contribution in [3.8, 4) is 0 Å². The molecule has 2 aliphatic carbocycles. The first-order valence-electron chi connectivity index (χ1n) is 7.45. The van der Waals surface area contributed by atoms with Crippen molar-refractivity contribution in [2.75, 3.05) is 20.1 Å². The summed E-state index contributed by atoms with van der Waals surface area (Å²) in [5.41, 5.74) is 3.24. The van der Waals surface area contributed by atoms with Gasteiger partial charge in [0.05, 0.1) is 0 Å². The second-order valence-electron chi connectivity index (χ2n) is 6.37. The number of rotatable bonds is 2. The van der Waals surface area contributed by atoms with E-state index in [9.17, 15) is 4.79 Å². The van der Waals surface area contributed by atoms with Crippen LogP contribution in [0.4, 0.5) is 0 Å². The van der Waals surface area contributed by atoms with Gasteiger partial charge in [-0.05, 0) is 45.2 Å². The van der Waals surface area contributed by atoms with Gasteiger partial charge < -0.3 is 4.90 Å². The Kier molecular flexibility index (Phi) is 3.44. The lowest BCUT2D eigenvalue weighted by molar-refractivity contribution is -0.116. The molecule has 1 fully saturated rings. The molecule has 1 heterocycles. The summed E-state index contributed by atoms with van der Waals surface area (Å²) >= 11 is 0. The highest BCUT2D eigenvalue weighted by molar-refractivity contribution is 5.91. The van der Waals surface area contributed by atoms with E-state index in [1.54, 1.807) is 5.57 Å². The van der Waals surface area contributed by atoms with Crippen LogP contribution in [0.3, 0.4) is 0 Å². The summed E-state index contributed by atoms with van der Waals surface area (Å²) in [7, 11) is 2.21. The van der Waals surface area contributed by atoms with Crippen LogP contribution in [0.25, 0.3) is 0 Å². The monoisotopic (exact) mass is 257 g/mol. The maximum absolute atomic E-state index is 11.7. The Balaban J connectivity index is 1.88. The van der Waals surface area contributed by atoms with Crippen molar-refractivity contribution in [2.45, 2.75) is 38.5 Å². The highest BCUT2D eigenvalue weighted by Crippen LogP contribution is 2.47. The Morgan fingerprint density at radius 2 is 2.21 bits per heavy atom. The standard InChI is InChI=1S/C17H23NO/c1-18-10-8-15-11-16(19)7-9-17(15,13-18)12-14-5-3-2-4-6-14/h2-3,5,11H,4,6-10,12-13H2,1H3. The number of piperidine rings is 1. The van der Waals surface area contributed by atoms with E-state index in [2.05, 4.69) is 30.2 Å². The normalized spacial score (nSPS) is 31.7. The predicted octanol–water partition coefficient (Wildman–Crippen LogP) is 3.26. The fourth-order valence-electron chi connectivity index (χ4n) is 3.86. The summed E-state index contributed by atoms with van der Waals surface area (Å²) in [6.45, 7) is 2.22. The molecule has 0 radical (unpaired) electrons. The minimum atomic E-state index is 0.248. The Bertz CT molecular complexity index is 472. The molecule has 3 aliphatic rings. The summed E-state index contributed by atoms with van der Waals surface area (Å²) in [5, 5.41) is 0. The molecule has 2 nitrogen and oxygen atoms in total. The van der Waals surface area contributed by atoms with Gasteiger partial charge in [-0.25, -0.2) is 0 Å². The first kappa shape index (κ1) is 12.9. The molecule has 0 spiro atoms. The fraction of sp³-hybridized carbons (Fsp3) is 0.588. The number of nitrogens with zero attached hydrogens (tertiary/aromatic N) is 1. The molecular weight excluding hydrogens is 234 g/mol.